The van der Waals surface area contributed by atoms with Gasteiger partial charge in [0.25, 0.3) is 5.91 Å². The van der Waals surface area contributed by atoms with Gasteiger partial charge in [-0.15, -0.1) is 11.3 Å². The number of carbonyl (C=O) groups is 3. The van der Waals surface area contributed by atoms with Crippen molar-refractivity contribution in [2.24, 2.45) is 5.92 Å². The van der Waals surface area contributed by atoms with E-state index in [2.05, 4.69) is 67.2 Å². The van der Waals surface area contributed by atoms with E-state index in [9.17, 15) is 19.5 Å². The minimum Gasteiger partial charge on any atom is -0.481 e. The summed E-state index contributed by atoms with van der Waals surface area (Å²) in [5, 5.41) is 12.4. The molecular weight excluding hydrogens is 596 g/mol. The van der Waals surface area contributed by atoms with Crippen LogP contribution in [0.1, 0.15) is 70.9 Å². The minimum absolute atomic E-state index is 0.0939. The van der Waals surface area contributed by atoms with E-state index < -0.39 is 17.9 Å². The Hall–Kier alpha value is -4.63. The monoisotopic (exact) mass is 636 g/mol. The van der Waals surface area contributed by atoms with E-state index in [0.29, 0.717) is 23.7 Å². The van der Waals surface area contributed by atoms with Crippen LogP contribution in [0.25, 0.3) is 23.5 Å². The molecule has 0 radical (unpaired) electrons. The van der Waals surface area contributed by atoms with Gasteiger partial charge in [0.05, 0.1) is 10.8 Å². The molecule has 2 atom stereocenters. The minimum atomic E-state index is -0.909. The molecule has 0 spiro atoms. The Balaban J connectivity index is 1.28. The summed E-state index contributed by atoms with van der Waals surface area (Å²) in [6.45, 7) is 8.90. The molecular formula is C37H40N4O4S. The quantitative estimate of drug-likeness (QED) is 0.205. The molecule has 0 aliphatic carbocycles. The van der Waals surface area contributed by atoms with Crippen molar-refractivity contribution in [1.29, 1.82) is 0 Å². The summed E-state index contributed by atoms with van der Waals surface area (Å²) in [6.07, 6.45) is 9.27. The first-order valence-electron chi connectivity index (χ1n) is 15.6. The lowest BCUT2D eigenvalue weighted by Gasteiger charge is -2.24. The van der Waals surface area contributed by atoms with Crippen molar-refractivity contribution in [3.8, 4) is 11.4 Å². The lowest BCUT2D eigenvalue weighted by atomic mass is 9.95. The molecule has 8 nitrogen and oxygen atoms in total. The molecule has 1 saturated heterocycles. The summed E-state index contributed by atoms with van der Waals surface area (Å²) in [5.74, 6) is -1.51. The van der Waals surface area contributed by atoms with E-state index >= 15 is 0 Å². The average molecular weight is 637 g/mol. The van der Waals surface area contributed by atoms with Gasteiger partial charge >= 0.3 is 5.97 Å². The molecule has 1 aliphatic rings. The number of rotatable bonds is 10. The molecule has 1 aliphatic heterocycles. The van der Waals surface area contributed by atoms with Gasteiger partial charge in [0.2, 0.25) is 5.91 Å². The Labute approximate surface area is 274 Å². The Kier molecular flexibility index (Phi) is 10.1. The zero-order valence-electron chi connectivity index (χ0n) is 26.7. The third kappa shape index (κ3) is 8.14. The van der Waals surface area contributed by atoms with Crippen LogP contribution in [0, 0.1) is 5.92 Å². The van der Waals surface area contributed by atoms with Gasteiger partial charge in [-0.2, -0.15) is 0 Å². The van der Waals surface area contributed by atoms with Crippen LogP contribution in [0.2, 0.25) is 0 Å². The van der Waals surface area contributed by atoms with Crippen LogP contribution in [-0.4, -0.2) is 56.9 Å². The molecule has 2 amide bonds. The lowest BCUT2D eigenvalue weighted by molar-refractivity contribution is -0.141. The third-order valence-corrected chi connectivity index (χ3v) is 9.71. The molecule has 46 heavy (non-hydrogen) atoms. The number of carboxylic acid groups (broad SMARTS) is 1. The summed E-state index contributed by atoms with van der Waals surface area (Å²) in [6, 6.07) is 19.0. The number of aromatic nitrogens is 2. The summed E-state index contributed by atoms with van der Waals surface area (Å²) in [5.41, 5.74) is 4.90. The van der Waals surface area contributed by atoms with E-state index in [-0.39, 0.29) is 30.2 Å². The molecule has 2 N–H and O–H groups in total. The number of aryl methyl sites for hydroxylation is 1. The predicted molar refractivity (Wildman–Crippen MR) is 183 cm³/mol. The molecule has 9 heteroatoms. The highest BCUT2D eigenvalue weighted by Crippen LogP contribution is 2.29. The average Bonchev–Trinajstić information content (AvgIpc) is 3.76. The standard InChI is InChI=1S/C37H40N4O4S/c1-5-24-6-8-25(9-7-24)10-11-27-21-38-33(39-22-27)28-14-12-26(13-15-28)20-30(35(43)41-19-18-29(23-41)36(44)45)40-34(42)31-16-17-32(46-31)37(2,3)4/h6-17,21-22,29-30H,5,18-20,23H2,1-4H3,(H,40,42)(H,44,45)/b11-10+/t29-,30-/m0/s1. The highest BCUT2D eigenvalue weighted by atomic mass is 32.1. The zero-order valence-corrected chi connectivity index (χ0v) is 27.5. The van der Waals surface area contributed by atoms with Gasteiger partial charge < -0.3 is 15.3 Å². The highest BCUT2D eigenvalue weighted by molar-refractivity contribution is 7.14. The van der Waals surface area contributed by atoms with Crippen LogP contribution >= 0.6 is 11.3 Å². The van der Waals surface area contributed by atoms with E-state index in [0.717, 1.165) is 33.6 Å². The number of hydrogen-bond donors (Lipinski definition) is 2. The van der Waals surface area contributed by atoms with Crippen LogP contribution in [0.4, 0.5) is 0 Å². The number of aliphatic carboxylic acids is 1. The van der Waals surface area contributed by atoms with E-state index in [4.69, 9.17) is 0 Å². The molecule has 4 aromatic rings. The Morgan fingerprint density at radius 1 is 0.957 bits per heavy atom. The van der Waals surface area contributed by atoms with Crippen molar-refractivity contribution >= 4 is 41.3 Å². The second-order valence-corrected chi connectivity index (χ2v) is 13.8. The number of carboxylic acids is 1. The van der Waals surface area contributed by atoms with E-state index in [1.165, 1.54) is 16.9 Å². The number of carbonyl (C=O) groups excluding carboxylic acids is 2. The van der Waals surface area contributed by atoms with Crippen molar-refractivity contribution in [2.75, 3.05) is 13.1 Å². The number of hydrogen-bond acceptors (Lipinski definition) is 6. The summed E-state index contributed by atoms with van der Waals surface area (Å²) in [4.78, 5) is 50.7. The van der Waals surface area contributed by atoms with Crippen molar-refractivity contribution < 1.29 is 19.5 Å². The number of nitrogens with one attached hydrogen (secondary N) is 1. The smallest absolute Gasteiger partial charge is 0.308 e. The van der Waals surface area contributed by atoms with Crippen LogP contribution in [-0.2, 0) is 27.8 Å². The normalized spacial score (nSPS) is 15.7. The lowest BCUT2D eigenvalue weighted by Crippen LogP contribution is -2.49. The Morgan fingerprint density at radius 2 is 1.61 bits per heavy atom. The maximum atomic E-state index is 13.6. The second-order valence-electron chi connectivity index (χ2n) is 12.7. The van der Waals surface area contributed by atoms with Crippen molar-refractivity contribution in [1.82, 2.24) is 20.2 Å². The maximum absolute atomic E-state index is 13.6. The fraction of sp³-hybridized carbons (Fsp3) is 0.324. The maximum Gasteiger partial charge on any atom is 0.308 e. The van der Waals surface area contributed by atoms with Gasteiger partial charge in [-0.05, 0) is 47.1 Å². The number of benzene rings is 2. The van der Waals surface area contributed by atoms with Crippen molar-refractivity contribution in [2.45, 2.75) is 58.4 Å². The molecule has 0 saturated carbocycles. The topological polar surface area (TPSA) is 112 Å². The third-order valence-electron chi connectivity index (χ3n) is 8.20. The molecule has 5 rings (SSSR count). The van der Waals surface area contributed by atoms with Gasteiger partial charge in [0.1, 0.15) is 6.04 Å². The van der Waals surface area contributed by atoms with Gasteiger partial charge in [-0.1, -0.05) is 88.4 Å². The molecule has 3 heterocycles. The predicted octanol–water partition coefficient (Wildman–Crippen LogP) is 6.51. The zero-order chi connectivity index (χ0) is 32.8. The SMILES string of the molecule is CCc1ccc(/C=C/c2cnc(-c3ccc(C[C@H](NC(=O)c4ccc(C(C)(C)C)s4)C(=O)N4CC[C@H](C(=O)O)C4)cc3)nc2)cc1. The van der Waals surface area contributed by atoms with E-state index in [1.807, 2.05) is 42.5 Å². The summed E-state index contributed by atoms with van der Waals surface area (Å²) in [7, 11) is 0. The van der Waals surface area contributed by atoms with Gasteiger partial charge in [0.15, 0.2) is 5.82 Å². The molecule has 2 aromatic heterocycles. The molecule has 238 valence electrons. The van der Waals surface area contributed by atoms with Crippen LogP contribution < -0.4 is 5.32 Å². The summed E-state index contributed by atoms with van der Waals surface area (Å²) < 4.78 is 0. The second kappa shape index (κ2) is 14.2. The van der Waals surface area contributed by atoms with Crippen LogP contribution in [0.15, 0.2) is 73.1 Å². The fourth-order valence-corrected chi connectivity index (χ4v) is 6.30. The van der Waals surface area contributed by atoms with E-state index in [1.54, 1.807) is 23.4 Å². The van der Waals surface area contributed by atoms with Crippen molar-refractivity contribution in [3.63, 3.8) is 0 Å². The number of likely N-dealkylation sites (tertiary alicyclic amines) is 1. The van der Waals surface area contributed by atoms with Crippen LogP contribution in [0.3, 0.4) is 0 Å². The molecule has 0 bridgehead atoms. The first-order valence-corrected chi connectivity index (χ1v) is 16.4. The Bertz CT molecular complexity index is 1700. The first kappa shape index (κ1) is 32.8. The van der Waals surface area contributed by atoms with Crippen LogP contribution in [0.5, 0.6) is 0 Å². The number of amides is 2. The van der Waals surface area contributed by atoms with Gasteiger partial charge in [-0.3, -0.25) is 14.4 Å². The number of nitrogens with zero attached hydrogens (tertiary/aromatic N) is 3. The molecule has 1 fully saturated rings. The van der Waals surface area contributed by atoms with Gasteiger partial charge in [-0.25, -0.2) is 9.97 Å². The Morgan fingerprint density at radius 3 is 2.20 bits per heavy atom. The number of thiophene rings is 1. The highest BCUT2D eigenvalue weighted by Gasteiger charge is 2.35. The fourth-order valence-electron chi connectivity index (χ4n) is 5.33. The van der Waals surface area contributed by atoms with Crippen molar-refractivity contribution in [3.05, 3.63) is 105 Å². The largest absolute Gasteiger partial charge is 0.481 e. The first-order chi connectivity index (χ1) is 22.0. The molecule has 2 aromatic carbocycles. The van der Waals surface area contributed by atoms with Gasteiger partial charge in [0, 0.05) is 47.9 Å². The molecule has 0 unspecified atom stereocenters. The summed E-state index contributed by atoms with van der Waals surface area (Å²) >= 11 is 1.42.